The van der Waals surface area contributed by atoms with Gasteiger partial charge in [-0.1, -0.05) is 19.1 Å². The standard InChI is InChI=1S/C17H16N2O3S/c1-3-10-5-4-6-11(9-10)18-16(21)13-14(20)15-12(7-8-23-15)19(2)17(13)22/h4-9,20H,3H2,1-2H3,(H,18,21). The summed E-state index contributed by atoms with van der Waals surface area (Å²) in [6.45, 7) is 2.02. The van der Waals surface area contributed by atoms with E-state index in [9.17, 15) is 14.7 Å². The van der Waals surface area contributed by atoms with Crippen molar-refractivity contribution in [3.05, 3.63) is 57.2 Å². The number of hydrogen-bond acceptors (Lipinski definition) is 4. The molecule has 3 rings (SSSR count). The molecule has 0 aliphatic rings. The van der Waals surface area contributed by atoms with Crippen LogP contribution in [0.25, 0.3) is 10.2 Å². The van der Waals surface area contributed by atoms with Crippen molar-refractivity contribution < 1.29 is 9.90 Å². The molecule has 0 saturated carbocycles. The van der Waals surface area contributed by atoms with E-state index in [0.717, 1.165) is 12.0 Å². The zero-order valence-corrected chi connectivity index (χ0v) is 13.6. The highest BCUT2D eigenvalue weighted by Gasteiger charge is 2.22. The van der Waals surface area contributed by atoms with Gasteiger partial charge in [-0.3, -0.25) is 9.59 Å². The van der Waals surface area contributed by atoms with Crippen molar-refractivity contribution in [2.24, 2.45) is 7.05 Å². The summed E-state index contributed by atoms with van der Waals surface area (Å²) >= 11 is 1.29. The van der Waals surface area contributed by atoms with Gasteiger partial charge in [-0.05, 0) is 35.6 Å². The van der Waals surface area contributed by atoms with Gasteiger partial charge in [0.1, 0.15) is 5.56 Å². The van der Waals surface area contributed by atoms with E-state index in [1.165, 1.54) is 15.9 Å². The highest BCUT2D eigenvalue weighted by molar-refractivity contribution is 7.17. The zero-order valence-electron chi connectivity index (χ0n) is 12.8. The fraction of sp³-hybridized carbons (Fsp3) is 0.176. The number of aryl methyl sites for hydroxylation is 2. The van der Waals surface area contributed by atoms with E-state index in [1.807, 2.05) is 25.1 Å². The summed E-state index contributed by atoms with van der Waals surface area (Å²) in [6, 6.07) is 9.15. The van der Waals surface area contributed by atoms with Gasteiger partial charge >= 0.3 is 0 Å². The highest BCUT2D eigenvalue weighted by atomic mass is 32.1. The van der Waals surface area contributed by atoms with Crippen LogP contribution in [-0.2, 0) is 13.5 Å². The molecule has 23 heavy (non-hydrogen) atoms. The zero-order chi connectivity index (χ0) is 16.6. The fourth-order valence-electron chi connectivity index (χ4n) is 2.50. The Kier molecular flexibility index (Phi) is 3.92. The van der Waals surface area contributed by atoms with Crippen molar-refractivity contribution in [1.29, 1.82) is 0 Å². The van der Waals surface area contributed by atoms with Gasteiger partial charge in [0.15, 0.2) is 5.75 Å². The predicted molar refractivity (Wildman–Crippen MR) is 92.5 cm³/mol. The maximum absolute atomic E-state index is 12.5. The summed E-state index contributed by atoms with van der Waals surface area (Å²) in [4.78, 5) is 24.9. The van der Waals surface area contributed by atoms with E-state index in [0.29, 0.717) is 15.9 Å². The number of aromatic nitrogens is 1. The van der Waals surface area contributed by atoms with Crippen LogP contribution >= 0.6 is 11.3 Å². The number of aromatic hydroxyl groups is 1. The van der Waals surface area contributed by atoms with Crippen LogP contribution in [0.5, 0.6) is 5.75 Å². The Morgan fingerprint density at radius 2 is 2.13 bits per heavy atom. The number of rotatable bonds is 3. The first kappa shape index (κ1) is 15.3. The molecule has 5 nitrogen and oxygen atoms in total. The Hall–Kier alpha value is -2.60. The summed E-state index contributed by atoms with van der Waals surface area (Å²) in [5.74, 6) is -0.867. The third-order valence-corrected chi connectivity index (χ3v) is 4.71. The molecule has 0 fully saturated rings. The van der Waals surface area contributed by atoms with Gasteiger partial charge in [0.2, 0.25) is 0 Å². The average Bonchev–Trinajstić information content (AvgIpc) is 3.03. The number of benzene rings is 1. The lowest BCUT2D eigenvalue weighted by Crippen LogP contribution is -2.27. The summed E-state index contributed by atoms with van der Waals surface area (Å²) in [5.41, 5.74) is 1.54. The molecular formula is C17H16N2O3S. The quantitative estimate of drug-likeness (QED) is 0.776. The van der Waals surface area contributed by atoms with E-state index in [1.54, 1.807) is 24.6 Å². The number of amides is 1. The van der Waals surface area contributed by atoms with Gasteiger partial charge in [0.25, 0.3) is 11.5 Å². The molecule has 3 aromatic rings. The molecule has 2 N–H and O–H groups in total. The number of hydrogen-bond donors (Lipinski definition) is 2. The van der Waals surface area contributed by atoms with Crippen molar-refractivity contribution in [3.63, 3.8) is 0 Å². The number of carbonyl (C=O) groups is 1. The van der Waals surface area contributed by atoms with Crippen molar-refractivity contribution in [3.8, 4) is 5.75 Å². The molecule has 0 unspecified atom stereocenters. The number of pyridine rings is 1. The van der Waals surface area contributed by atoms with Crippen LogP contribution in [0.15, 0.2) is 40.5 Å². The monoisotopic (exact) mass is 328 g/mol. The Labute approximate surface area is 136 Å². The summed E-state index contributed by atoms with van der Waals surface area (Å²) in [6.07, 6.45) is 0.845. The minimum Gasteiger partial charge on any atom is -0.505 e. The Morgan fingerprint density at radius 3 is 2.87 bits per heavy atom. The first-order valence-corrected chi connectivity index (χ1v) is 8.10. The first-order valence-electron chi connectivity index (χ1n) is 7.22. The number of carbonyl (C=O) groups excluding carboxylic acids is 1. The fourth-order valence-corrected chi connectivity index (χ4v) is 3.38. The van der Waals surface area contributed by atoms with Crippen molar-refractivity contribution in [2.75, 3.05) is 5.32 Å². The smallest absolute Gasteiger partial charge is 0.267 e. The first-order chi connectivity index (χ1) is 11.0. The van der Waals surface area contributed by atoms with Gasteiger partial charge in [-0.15, -0.1) is 11.3 Å². The second-order valence-electron chi connectivity index (χ2n) is 5.23. The molecular weight excluding hydrogens is 312 g/mol. The van der Waals surface area contributed by atoms with Crippen molar-refractivity contribution in [1.82, 2.24) is 4.57 Å². The Bertz CT molecular complexity index is 956. The average molecular weight is 328 g/mol. The van der Waals surface area contributed by atoms with Gasteiger partial charge in [-0.2, -0.15) is 0 Å². The predicted octanol–water partition coefficient (Wildman–Crippen LogP) is 3.12. The molecule has 0 spiro atoms. The molecule has 0 radical (unpaired) electrons. The molecule has 0 bridgehead atoms. The molecule has 0 aliphatic carbocycles. The minimum atomic E-state index is -0.605. The molecule has 2 heterocycles. The molecule has 0 atom stereocenters. The Morgan fingerprint density at radius 1 is 1.35 bits per heavy atom. The lowest BCUT2D eigenvalue weighted by Gasteiger charge is -2.10. The van der Waals surface area contributed by atoms with Gasteiger partial charge in [0, 0.05) is 12.7 Å². The second kappa shape index (κ2) is 5.89. The normalized spacial score (nSPS) is 10.9. The molecule has 0 aliphatic heterocycles. The highest BCUT2D eigenvalue weighted by Crippen LogP contribution is 2.31. The number of nitrogens with one attached hydrogen (secondary N) is 1. The van der Waals surface area contributed by atoms with E-state index in [4.69, 9.17) is 0 Å². The van der Waals surface area contributed by atoms with Crippen LogP contribution in [0.4, 0.5) is 5.69 Å². The van der Waals surface area contributed by atoms with E-state index >= 15 is 0 Å². The summed E-state index contributed by atoms with van der Waals surface area (Å²) in [5, 5.41) is 14.8. The van der Waals surface area contributed by atoms with Crippen LogP contribution in [0.2, 0.25) is 0 Å². The molecule has 2 aromatic heterocycles. The molecule has 118 valence electrons. The number of fused-ring (bicyclic) bond motifs is 1. The largest absolute Gasteiger partial charge is 0.505 e. The molecule has 1 aromatic carbocycles. The Balaban J connectivity index is 2.05. The summed E-state index contributed by atoms with van der Waals surface area (Å²) in [7, 11) is 1.59. The third kappa shape index (κ3) is 2.61. The van der Waals surface area contributed by atoms with E-state index in [-0.39, 0.29) is 11.3 Å². The number of thiophene rings is 1. The number of anilines is 1. The maximum Gasteiger partial charge on any atom is 0.267 e. The van der Waals surface area contributed by atoms with Crippen molar-refractivity contribution >= 4 is 33.1 Å². The van der Waals surface area contributed by atoms with Crippen LogP contribution in [0, 0.1) is 0 Å². The van der Waals surface area contributed by atoms with E-state index in [2.05, 4.69) is 5.32 Å². The SMILES string of the molecule is CCc1cccc(NC(=O)c2c(O)c3sccc3n(C)c2=O)c1. The van der Waals surface area contributed by atoms with Gasteiger partial charge < -0.3 is 15.0 Å². The van der Waals surface area contributed by atoms with Gasteiger partial charge in [-0.25, -0.2) is 0 Å². The molecule has 1 amide bonds. The van der Waals surface area contributed by atoms with Crippen LogP contribution < -0.4 is 10.9 Å². The lowest BCUT2D eigenvalue weighted by atomic mass is 10.1. The maximum atomic E-state index is 12.5. The second-order valence-corrected chi connectivity index (χ2v) is 6.15. The molecule has 6 heteroatoms. The third-order valence-electron chi connectivity index (χ3n) is 3.80. The van der Waals surface area contributed by atoms with E-state index < -0.39 is 11.5 Å². The lowest BCUT2D eigenvalue weighted by molar-refractivity contribution is 0.102. The minimum absolute atomic E-state index is 0.232. The number of nitrogens with zero attached hydrogens (tertiary/aromatic N) is 1. The molecule has 0 saturated heterocycles. The van der Waals surface area contributed by atoms with Crippen LogP contribution in [-0.4, -0.2) is 15.6 Å². The topological polar surface area (TPSA) is 71.3 Å². The van der Waals surface area contributed by atoms with Gasteiger partial charge in [0.05, 0.1) is 10.2 Å². The van der Waals surface area contributed by atoms with Crippen LogP contribution in [0.1, 0.15) is 22.8 Å². The van der Waals surface area contributed by atoms with Crippen molar-refractivity contribution in [2.45, 2.75) is 13.3 Å². The summed E-state index contributed by atoms with van der Waals surface area (Å²) < 4.78 is 1.91. The van der Waals surface area contributed by atoms with Crippen LogP contribution in [0.3, 0.4) is 0 Å².